The summed E-state index contributed by atoms with van der Waals surface area (Å²) in [5, 5.41) is 5.24. The predicted molar refractivity (Wildman–Crippen MR) is 107 cm³/mol. The molecule has 2 N–H and O–H groups in total. The Bertz CT molecular complexity index is 944. The van der Waals surface area contributed by atoms with Crippen LogP contribution in [0.2, 0.25) is 0 Å². The van der Waals surface area contributed by atoms with Crippen molar-refractivity contribution in [2.75, 3.05) is 24.4 Å². The molecule has 1 atom stereocenters. The first-order valence-electron chi connectivity index (χ1n) is 8.60. The van der Waals surface area contributed by atoms with Crippen LogP contribution in [0.25, 0.3) is 0 Å². The van der Waals surface area contributed by atoms with Gasteiger partial charge >= 0.3 is 5.97 Å². The monoisotopic (exact) mass is 400 g/mol. The van der Waals surface area contributed by atoms with Crippen LogP contribution in [-0.4, -0.2) is 36.8 Å². The second-order valence-corrected chi connectivity index (χ2v) is 7.67. The number of benzene rings is 2. The molecule has 0 radical (unpaired) electrons. The maximum atomic E-state index is 12.3. The second-order valence-electron chi connectivity index (χ2n) is 6.29. The van der Waals surface area contributed by atoms with Crippen molar-refractivity contribution in [3.8, 4) is 5.75 Å². The van der Waals surface area contributed by atoms with Crippen LogP contribution in [-0.2, 0) is 14.3 Å². The van der Waals surface area contributed by atoms with Crippen LogP contribution in [0.4, 0.5) is 11.4 Å². The van der Waals surface area contributed by atoms with Gasteiger partial charge in [0.15, 0.2) is 6.61 Å². The average molecular weight is 400 g/mol. The van der Waals surface area contributed by atoms with Gasteiger partial charge in [-0.1, -0.05) is 6.07 Å². The molecule has 1 aliphatic heterocycles. The van der Waals surface area contributed by atoms with E-state index < -0.39 is 18.5 Å². The van der Waals surface area contributed by atoms with Crippen molar-refractivity contribution in [3.05, 3.63) is 47.5 Å². The smallest absolute Gasteiger partial charge is 0.338 e. The number of amides is 2. The summed E-state index contributed by atoms with van der Waals surface area (Å²) in [5.74, 6) is -0.725. The highest BCUT2D eigenvalue weighted by atomic mass is 32.2. The number of carbonyl (C=O) groups excluding carboxylic acids is 3. The molecule has 0 aliphatic carbocycles. The molecule has 146 valence electrons. The molecule has 1 aliphatic rings. The Balaban J connectivity index is 1.61. The first kappa shape index (κ1) is 19.8. The molecular formula is C20H20N2O5S. The highest BCUT2D eigenvalue weighted by molar-refractivity contribution is 8.00. The minimum atomic E-state index is -0.646. The molecule has 0 aromatic heterocycles. The summed E-state index contributed by atoms with van der Waals surface area (Å²) in [5.41, 5.74) is 2.29. The van der Waals surface area contributed by atoms with E-state index in [1.165, 1.54) is 18.9 Å². The minimum absolute atomic E-state index is 0.116. The number of anilines is 2. The summed E-state index contributed by atoms with van der Waals surface area (Å²) in [4.78, 5) is 37.1. The largest absolute Gasteiger partial charge is 0.495 e. The summed E-state index contributed by atoms with van der Waals surface area (Å²) in [6, 6.07) is 10.3. The number of carbonyl (C=O) groups is 3. The van der Waals surface area contributed by atoms with Gasteiger partial charge in [0.1, 0.15) is 5.75 Å². The maximum Gasteiger partial charge on any atom is 0.338 e. The highest BCUT2D eigenvalue weighted by Gasteiger charge is 2.24. The Hall–Kier alpha value is -3.00. The van der Waals surface area contributed by atoms with E-state index in [1.807, 2.05) is 19.9 Å². The summed E-state index contributed by atoms with van der Waals surface area (Å²) in [6.45, 7) is 3.27. The van der Waals surface area contributed by atoms with Gasteiger partial charge in [-0.15, -0.1) is 11.8 Å². The number of thioether (sulfide) groups is 1. The molecule has 3 rings (SSSR count). The number of esters is 1. The average Bonchev–Trinajstić information content (AvgIpc) is 2.67. The number of methoxy groups -OCH3 is 1. The molecule has 0 bridgehead atoms. The van der Waals surface area contributed by atoms with Crippen molar-refractivity contribution in [2.24, 2.45) is 0 Å². The molecule has 1 unspecified atom stereocenters. The van der Waals surface area contributed by atoms with Crippen molar-refractivity contribution in [1.82, 2.24) is 0 Å². The van der Waals surface area contributed by atoms with E-state index in [4.69, 9.17) is 9.47 Å². The molecule has 28 heavy (non-hydrogen) atoms. The van der Waals surface area contributed by atoms with Crippen molar-refractivity contribution in [1.29, 1.82) is 0 Å². The Morgan fingerprint density at radius 3 is 2.75 bits per heavy atom. The lowest BCUT2D eigenvalue weighted by molar-refractivity contribution is -0.119. The van der Waals surface area contributed by atoms with Gasteiger partial charge in [-0.2, -0.15) is 0 Å². The lowest BCUT2D eigenvalue weighted by Crippen LogP contribution is -2.26. The second kappa shape index (κ2) is 8.35. The van der Waals surface area contributed by atoms with E-state index in [9.17, 15) is 14.4 Å². The third kappa shape index (κ3) is 4.45. The number of nitrogens with one attached hydrogen (secondary N) is 2. The van der Waals surface area contributed by atoms with Gasteiger partial charge < -0.3 is 20.1 Å². The van der Waals surface area contributed by atoms with E-state index in [2.05, 4.69) is 10.6 Å². The van der Waals surface area contributed by atoms with Gasteiger partial charge in [0.05, 0.1) is 29.3 Å². The van der Waals surface area contributed by atoms with Crippen LogP contribution in [0.15, 0.2) is 41.3 Å². The van der Waals surface area contributed by atoms with Crippen LogP contribution >= 0.6 is 11.8 Å². The topological polar surface area (TPSA) is 93.7 Å². The fourth-order valence-corrected chi connectivity index (χ4v) is 3.59. The Kier molecular flexibility index (Phi) is 5.89. The Labute approximate surface area is 166 Å². The van der Waals surface area contributed by atoms with E-state index in [0.29, 0.717) is 17.1 Å². The van der Waals surface area contributed by atoms with Crippen molar-refractivity contribution in [2.45, 2.75) is 24.0 Å². The summed E-state index contributed by atoms with van der Waals surface area (Å²) >= 11 is 1.42. The zero-order valence-corrected chi connectivity index (χ0v) is 16.5. The quantitative estimate of drug-likeness (QED) is 0.749. The molecule has 0 fully saturated rings. The summed E-state index contributed by atoms with van der Waals surface area (Å²) in [7, 11) is 1.51. The van der Waals surface area contributed by atoms with Crippen molar-refractivity contribution < 1.29 is 23.9 Å². The molecule has 2 amide bonds. The molecule has 0 spiro atoms. The molecule has 8 heteroatoms. The number of rotatable bonds is 5. The number of hydrogen-bond acceptors (Lipinski definition) is 6. The summed E-state index contributed by atoms with van der Waals surface area (Å²) < 4.78 is 10.3. The van der Waals surface area contributed by atoms with Gasteiger partial charge in [0.2, 0.25) is 5.91 Å². The molecule has 0 saturated carbocycles. The van der Waals surface area contributed by atoms with E-state index in [-0.39, 0.29) is 16.7 Å². The van der Waals surface area contributed by atoms with Crippen LogP contribution in [0.3, 0.4) is 0 Å². The van der Waals surface area contributed by atoms with E-state index >= 15 is 0 Å². The maximum absolute atomic E-state index is 12.3. The standard InChI is InChI=1S/C20H20N2O5S/c1-11-4-6-16(26-3)14(8-11)21-18(23)10-27-20(25)13-5-7-17-15(9-13)22-19(24)12(2)28-17/h4-9,12H,10H2,1-3H3,(H,21,23)(H,22,24). The van der Waals surface area contributed by atoms with E-state index in [0.717, 1.165) is 10.5 Å². The third-order valence-corrected chi connectivity index (χ3v) is 5.29. The molecule has 2 aromatic carbocycles. The highest BCUT2D eigenvalue weighted by Crippen LogP contribution is 2.36. The number of hydrogen-bond donors (Lipinski definition) is 2. The van der Waals surface area contributed by atoms with Crippen LogP contribution in [0, 0.1) is 6.92 Å². The third-order valence-electron chi connectivity index (χ3n) is 4.11. The summed E-state index contributed by atoms with van der Waals surface area (Å²) in [6.07, 6.45) is 0. The lowest BCUT2D eigenvalue weighted by atomic mass is 10.2. The molecule has 0 saturated heterocycles. The molecule has 1 heterocycles. The van der Waals surface area contributed by atoms with Gasteiger partial charge in [0.25, 0.3) is 5.91 Å². The van der Waals surface area contributed by atoms with Crippen LogP contribution < -0.4 is 15.4 Å². The molecule has 2 aromatic rings. The Morgan fingerprint density at radius 2 is 2.00 bits per heavy atom. The van der Waals surface area contributed by atoms with Crippen molar-refractivity contribution >= 4 is 40.9 Å². The van der Waals surface area contributed by atoms with Crippen LogP contribution in [0.5, 0.6) is 5.75 Å². The SMILES string of the molecule is COc1ccc(C)cc1NC(=O)COC(=O)c1ccc2c(c1)NC(=O)C(C)S2. The molecular weight excluding hydrogens is 380 g/mol. The van der Waals surface area contributed by atoms with Gasteiger partial charge in [0, 0.05) is 4.90 Å². The Morgan fingerprint density at radius 1 is 1.21 bits per heavy atom. The predicted octanol–water partition coefficient (Wildman–Crippen LogP) is 3.23. The zero-order valence-electron chi connectivity index (χ0n) is 15.7. The van der Waals surface area contributed by atoms with E-state index in [1.54, 1.807) is 30.3 Å². The first-order chi connectivity index (χ1) is 13.4. The lowest BCUT2D eigenvalue weighted by Gasteiger charge is -2.21. The molecule has 7 nitrogen and oxygen atoms in total. The first-order valence-corrected chi connectivity index (χ1v) is 9.48. The normalized spacial score (nSPS) is 15.2. The fourth-order valence-electron chi connectivity index (χ4n) is 2.66. The van der Waals surface area contributed by atoms with Crippen molar-refractivity contribution in [3.63, 3.8) is 0 Å². The number of ether oxygens (including phenoxy) is 2. The fraction of sp³-hybridized carbons (Fsp3) is 0.250. The van der Waals surface area contributed by atoms with Gasteiger partial charge in [-0.3, -0.25) is 9.59 Å². The van der Waals surface area contributed by atoms with Gasteiger partial charge in [-0.25, -0.2) is 4.79 Å². The zero-order chi connectivity index (χ0) is 20.3. The minimum Gasteiger partial charge on any atom is -0.495 e. The van der Waals surface area contributed by atoms with Crippen LogP contribution in [0.1, 0.15) is 22.8 Å². The number of aryl methyl sites for hydroxylation is 1. The number of fused-ring (bicyclic) bond motifs is 1. The van der Waals surface area contributed by atoms with Gasteiger partial charge in [-0.05, 0) is 49.7 Å².